The molecule has 2 rings (SSSR count). The summed E-state index contributed by atoms with van der Waals surface area (Å²) in [5, 5.41) is 2.63. The summed E-state index contributed by atoms with van der Waals surface area (Å²) in [6.45, 7) is 5.37. The molecule has 2 aromatic carbocycles. The lowest BCUT2D eigenvalue weighted by atomic mass is 10.2. The van der Waals surface area contributed by atoms with Gasteiger partial charge in [-0.05, 0) is 63.2 Å². The first-order valence-electron chi connectivity index (χ1n) is 7.94. The van der Waals surface area contributed by atoms with Crippen molar-refractivity contribution >= 4 is 23.4 Å². The maximum atomic E-state index is 11.7. The van der Waals surface area contributed by atoms with Gasteiger partial charge in [-0.25, -0.2) is 9.59 Å². The first-order chi connectivity index (χ1) is 12.2. The van der Waals surface area contributed by atoms with Gasteiger partial charge in [0.15, 0.2) is 0 Å². The lowest BCUT2D eigenvalue weighted by Crippen LogP contribution is -2.27. The molecule has 26 heavy (non-hydrogen) atoms. The second-order valence-corrected chi connectivity index (χ2v) is 6.50. The maximum Gasteiger partial charge on any atom is 0.412 e. The number of nitrogen functional groups attached to an aromatic ring is 1. The fourth-order valence-corrected chi connectivity index (χ4v) is 2.04. The predicted octanol–water partition coefficient (Wildman–Crippen LogP) is 4.19. The van der Waals surface area contributed by atoms with Crippen molar-refractivity contribution in [3.63, 3.8) is 0 Å². The lowest BCUT2D eigenvalue weighted by Gasteiger charge is -2.19. The minimum absolute atomic E-state index is 0.309. The molecule has 3 N–H and O–H groups in total. The molecule has 0 aromatic heterocycles. The fraction of sp³-hybridized carbons (Fsp3) is 0.263. The number of hydrogen-bond donors (Lipinski definition) is 2. The number of carbonyl (C=O) groups excluding carboxylic acids is 2. The fourth-order valence-electron chi connectivity index (χ4n) is 2.04. The number of nitrogens with one attached hydrogen (secondary N) is 1. The average molecular weight is 358 g/mol. The number of anilines is 2. The van der Waals surface area contributed by atoms with Crippen LogP contribution in [-0.2, 0) is 9.47 Å². The molecule has 0 spiro atoms. The average Bonchev–Trinajstić information content (AvgIpc) is 2.56. The van der Waals surface area contributed by atoms with Crippen molar-refractivity contribution in [2.45, 2.75) is 26.4 Å². The Labute approximate surface area is 152 Å². The van der Waals surface area contributed by atoms with E-state index in [1.165, 1.54) is 13.2 Å². The topological polar surface area (TPSA) is 99.9 Å². The van der Waals surface area contributed by atoms with E-state index in [2.05, 4.69) is 10.1 Å². The summed E-state index contributed by atoms with van der Waals surface area (Å²) in [5.41, 5.74) is 6.56. The van der Waals surface area contributed by atoms with E-state index in [4.69, 9.17) is 15.2 Å². The van der Waals surface area contributed by atoms with Gasteiger partial charge in [0.2, 0.25) is 0 Å². The molecule has 0 atom stereocenters. The Morgan fingerprint density at radius 1 is 1.04 bits per heavy atom. The highest BCUT2D eigenvalue weighted by molar-refractivity contribution is 5.91. The molecule has 0 unspecified atom stereocenters. The first kappa shape index (κ1) is 19.1. The van der Waals surface area contributed by atoms with Crippen LogP contribution in [0.25, 0.3) is 0 Å². The molecule has 0 bridgehead atoms. The number of hydrogen-bond acceptors (Lipinski definition) is 6. The molecule has 0 heterocycles. The highest BCUT2D eigenvalue weighted by atomic mass is 16.6. The predicted molar refractivity (Wildman–Crippen MR) is 98.6 cm³/mol. The van der Waals surface area contributed by atoms with Crippen molar-refractivity contribution in [2.24, 2.45) is 0 Å². The van der Waals surface area contributed by atoms with Crippen molar-refractivity contribution in [1.82, 2.24) is 0 Å². The van der Waals surface area contributed by atoms with E-state index in [-0.39, 0.29) is 0 Å². The number of benzene rings is 2. The molecule has 0 aliphatic rings. The van der Waals surface area contributed by atoms with Crippen LogP contribution in [0, 0.1) is 0 Å². The van der Waals surface area contributed by atoms with Crippen LogP contribution in [0.1, 0.15) is 31.1 Å². The zero-order chi connectivity index (χ0) is 19.3. The quantitative estimate of drug-likeness (QED) is 0.628. The molecular weight excluding hydrogens is 336 g/mol. The molecule has 0 radical (unpaired) electrons. The van der Waals surface area contributed by atoms with Crippen molar-refractivity contribution in [2.75, 3.05) is 18.2 Å². The van der Waals surface area contributed by atoms with Gasteiger partial charge in [-0.15, -0.1) is 0 Å². The van der Waals surface area contributed by atoms with Gasteiger partial charge in [0.05, 0.1) is 18.4 Å². The van der Waals surface area contributed by atoms with Crippen LogP contribution in [0.2, 0.25) is 0 Å². The van der Waals surface area contributed by atoms with Crippen LogP contribution in [0.3, 0.4) is 0 Å². The molecule has 0 saturated carbocycles. The van der Waals surface area contributed by atoms with E-state index in [0.29, 0.717) is 28.4 Å². The van der Waals surface area contributed by atoms with Crippen LogP contribution in [0.5, 0.6) is 11.5 Å². The summed E-state index contributed by atoms with van der Waals surface area (Å²) in [5.74, 6) is 0.462. The van der Waals surface area contributed by atoms with Gasteiger partial charge in [0.1, 0.15) is 17.1 Å². The highest BCUT2D eigenvalue weighted by Gasteiger charge is 2.16. The standard InChI is InChI=1S/C19H22N2O5/c1-19(2,3)26-18(23)21-13-6-8-14(9-7-13)25-16-10-5-12(11-15(16)20)17(22)24-4/h5-11H,20H2,1-4H3,(H,21,23). The molecule has 1 amide bonds. The third-order valence-electron chi connectivity index (χ3n) is 3.16. The van der Waals surface area contributed by atoms with E-state index in [0.717, 1.165) is 0 Å². The number of nitrogens with two attached hydrogens (primary N) is 1. The van der Waals surface area contributed by atoms with Crippen LogP contribution in [0.15, 0.2) is 42.5 Å². The Kier molecular flexibility index (Phi) is 5.71. The molecule has 0 saturated heterocycles. The molecule has 0 fully saturated rings. The van der Waals surface area contributed by atoms with Crippen LogP contribution >= 0.6 is 0 Å². The van der Waals surface area contributed by atoms with E-state index in [9.17, 15) is 9.59 Å². The van der Waals surface area contributed by atoms with Crippen LogP contribution < -0.4 is 15.8 Å². The molecular formula is C19H22N2O5. The van der Waals surface area contributed by atoms with Gasteiger partial charge in [-0.1, -0.05) is 0 Å². The number of esters is 1. The summed E-state index contributed by atoms with van der Waals surface area (Å²) >= 11 is 0. The van der Waals surface area contributed by atoms with Crippen molar-refractivity contribution in [3.8, 4) is 11.5 Å². The van der Waals surface area contributed by atoms with Crippen molar-refractivity contribution < 1.29 is 23.8 Å². The summed E-state index contributed by atoms with van der Waals surface area (Å²) in [4.78, 5) is 23.2. The Bertz CT molecular complexity index is 795. The second-order valence-electron chi connectivity index (χ2n) is 6.50. The first-order valence-corrected chi connectivity index (χ1v) is 7.94. The number of rotatable bonds is 4. The van der Waals surface area contributed by atoms with Crippen molar-refractivity contribution in [3.05, 3.63) is 48.0 Å². The van der Waals surface area contributed by atoms with Gasteiger partial charge < -0.3 is 19.9 Å². The zero-order valence-electron chi connectivity index (χ0n) is 15.2. The Morgan fingerprint density at radius 3 is 2.23 bits per heavy atom. The molecule has 138 valence electrons. The smallest absolute Gasteiger partial charge is 0.412 e. The van der Waals surface area contributed by atoms with Gasteiger partial charge in [-0.3, -0.25) is 5.32 Å². The molecule has 7 nitrogen and oxygen atoms in total. The largest absolute Gasteiger partial charge is 0.465 e. The lowest BCUT2D eigenvalue weighted by molar-refractivity contribution is 0.0598. The van der Waals surface area contributed by atoms with E-state index in [1.54, 1.807) is 57.2 Å². The highest BCUT2D eigenvalue weighted by Crippen LogP contribution is 2.29. The Morgan fingerprint density at radius 2 is 1.69 bits per heavy atom. The summed E-state index contributed by atoms with van der Waals surface area (Å²) in [7, 11) is 1.30. The third kappa shape index (κ3) is 5.41. The van der Waals surface area contributed by atoms with Gasteiger partial charge in [-0.2, -0.15) is 0 Å². The zero-order valence-corrected chi connectivity index (χ0v) is 15.2. The Hall–Kier alpha value is -3.22. The normalized spacial score (nSPS) is 10.8. The minimum Gasteiger partial charge on any atom is -0.465 e. The summed E-state index contributed by atoms with van der Waals surface area (Å²) in [6.07, 6.45) is -0.534. The molecule has 2 aromatic rings. The SMILES string of the molecule is COC(=O)c1ccc(Oc2ccc(NC(=O)OC(C)(C)C)cc2)c(N)c1. The second kappa shape index (κ2) is 7.77. The number of carbonyl (C=O) groups is 2. The number of amides is 1. The van der Waals surface area contributed by atoms with E-state index >= 15 is 0 Å². The molecule has 7 heteroatoms. The number of methoxy groups -OCH3 is 1. The molecule has 0 aliphatic heterocycles. The summed E-state index contributed by atoms with van der Waals surface area (Å²) in [6, 6.07) is 11.4. The van der Waals surface area contributed by atoms with E-state index in [1.807, 2.05) is 0 Å². The van der Waals surface area contributed by atoms with E-state index < -0.39 is 17.7 Å². The van der Waals surface area contributed by atoms with Crippen LogP contribution in [0.4, 0.5) is 16.2 Å². The maximum absolute atomic E-state index is 11.7. The third-order valence-corrected chi connectivity index (χ3v) is 3.16. The van der Waals surface area contributed by atoms with Gasteiger partial charge in [0.25, 0.3) is 0 Å². The Balaban J connectivity index is 2.03. The van der Waals surface area contributed by atoms with Gasteiger partial charge in [0, 0.05) is 5.69 Å². The summed E-state index contributed by atoms with van der Waals surface area (Å²) < 4.78 is 15.5. The van der Waals surface area contributed by atoms with Crippen molar-refractivity contribution in [1.29, 1.82) is 0 Å². The molecule has 0 aliphatic carbocycles. The minimum atomic E-state index is -0.568. The van der Waals surface area contributed by atoms with Gasteiger partial charge >= 0.3 is 12.1 Å². The van der Waals surface area contributed by atoms with Crippen LogP contribution in [-0.4, -0.2) is 24.8 Å². The number of ether oxygens (including phenoxy) is 3. The monoisotopic (exact) mass is 358 g/mol.